The van der Waals surface area contributed by atoms with Crippen molar-refractivity contribution >= 4 is 5.97 Å². The minimum atomic E-state index is -4.69. The fourth-order valence-corrected chi connectivity index (χ4v) is 2.23. The number of rotatable bonds is 2. The van der Waals surface area contributed by atoms with Crippen molar-refractivity contribution in [3.8, 4) is 0 Å². The van der Waals surface area contributed by atoms with E-state index in [0.29, 0.717) is 12.8 Å². The van der Waals surface area contributed by atoms with E-state index in [1.807, 2.05) is 0 Å². The van der Waals surface area contributed by atoms with Gasteiger partial charge in [-0.3, -0.25) is 4.68 Å². The van der Waals surface area contributed by atoms with E-state index >= 15 is 0 Å². The third kappa shape index (κ3) is 2.13. The number of carboxylic acids is 1. The van der Waals surface area contributed by atoms with E-state index in [1.165, 1.54) is 0 Å². The summed E-state index contributed by atoms with van der Waals surface area (Å²) in [5.74, 6) is -1.60. The van der Waals surface area contributed by atoms with Gasteiger partial charge in [-0.25, -0.2) is 4.79 Å². The van der Waals surface area contributed by atoms with Crippen LogP contribution in [0, 0.1) is 0 Å². The highest BCUT2D eigenvalue weighted by Crippen LogP contribution is 2.37. The van der Waals surface area contributed by atoms with E-state index in [9.17, 15) is 18.0 Å². The summed E-state index contributed by atoms with van der Waals surface area (Å²) < 4.78 is 39.3. The van der Waals surface area contributed by atoms with E-state index in [1.54, 1.807) is 0 Å². The Labute approximate surface area is 95.0 Å². The molecule has 94 valence electrons. The SMILES string of the molecule is O=C(O)c1cnn(C2CCCC2)c1C(F)(F)F. The lowest BCUT2D eigenvalue weighted by Gasteiger charge is -2.16. The van der Waals surface area contributed by atoms with Gasteiger partial charge in [0.15, 0.2) is 5.69 Å². The fourth-order valence-electron chi connectivity index (χ4n) is 2.23. The Morgan fingerprint density at radius 3 is 2.47 bits per heavy atom. The van der Waals surface area contributed by atoms with Gasteiger partial charge in [-0.1, -0.05) is 12.8 Å². The maximum absolute atomic E-state index is 12.8. The van der Waals surface area contributed by atoms with Crippen LogP contribution in [0.5, 0.6) is 0 Å². The third-order valence-corrected chi connectivity index (χ3v) is 2.96. The van der Waals surface area contributed by atoms with Crippen LogP contribution in [-0.2, 0) is 6.18 Å². The zero-order valence-electron chi connectivity index (χ0n) is 8.87. The number of carboxylic acid groups (broad SMARTS) is 1. The quantitative estimate of drug-likeness (QED) is 0.875. The number of alkyl halides is 3. The van der Waals surface area contributed by atoms with Crippen molar-refractivity contribution in [2.24, 2.45) is 0 Å². The van der Waals surface area contributed by atoms with Crippen molar-refractivity contribution in [2.75, 3.05) is 0 Å². The number of carbonyl (C=O) groups is 1. The predicted octanol–water partition coefficient (Wildman–Crippen LogP) is 2.72. The largest absolute Gasteiger partial charge is 0.478 e. The number of nitrogens with zero attached hydrogens (tertiary/aromatic N) is 2. The molecule has 0 amide bonds. The van der Waals surface area contributed by atoms with Gasteiger partial charge in [-0.15, -0.1) is 0 Å². The van der Waals surface area contributed by atoms with E-state index in [4.69, 9.17) is 5.11 Å². The molecule has 0 spiro atoms. The highest BCUT2D eigenvalue weighted by molar-refractivity contribution is 5.88. The number of aromatic nitrogens is 2. The Morgan fingerprint density at radius 2 is 2.00 bits per heavy atom. The second kappa shape index (κ2) is 4.05. The maximum Gasteiger partial charge on any atom is 0.433 e. The first-order valence-electron chi connectivity index (χ1n) is 5.29. The third-order valence-electron chi connectivity index (χ3n) is 2.96. The molecule has 2 rings (SSSR count). The second-order valence-electron chi connectivity index (χ2n) is 4.09. The monoisotopic (exact) mass is 248 g/mol. The topological polar surface area (TPSA) is 55.1 Å². The van der Waals surface area contributed by atoms with Crippen molar-refractivity contribution in [2.45, 2.75) is 37.9 Å². The van der Waals surface area contributed by atoms with Crippen LogP contribution in [0.2, 0.25) is 0 Å². The zero-order chi connectivity index (χ0) is 12.6. The minimum absolute atomic E-state index is 0.334. The molecule has 1 aliphatic rings. The molecule has 7 heteroatoms. The van der Waals surface area contributed by atoms with Crippen molar-refractivity contribution < 1.29 is 23.1 Å². The van der Waals surface area contributed by atoms with Crippen LogP contribution in [0.4, 0.5) is 13.2 Å². The fraction of sp³-hybridized carbons (Fsp3) is 0.600. The Hall–Kier alpha value is -1.53. The van der Waals surface area contributed by atoms with Gasteiger partial charge < -0.3 is 5.11 Å². The maximum atomic E-state index is 12.8. The van der Waals surface area contributed by atoms with Gasteiger partial charge in [0, 0.05) is 0 Å². The normalized spacial score (nSPS) is 17.6. The molecule has 0 radical (unpaired) electrons. The molecular weight excluding hydrogens is 237 g/mol. The standard InChI is InChI=1S/C10H11F3N2O2/c11-10(12,13)8-7(9(16)17)5-14-15(8)6-3-1-2-4-6/h5-6H,1-4H2,(H,16,17). The van der Waals surface area contributed by atoms with E-state index in [-0.39, 0.29) is 6.04 Å². The van der Waals surface area contributed by atoms with E-state index < -0.39 is 23.4 Å². The molecule has 0 aromatic carbocycles. The van der Waals surface area contributed by atoms with Crippen molar-refractivity contribution in [3.05, 3.63) is 17.5 Å². The molecule has 0 bridgehead atoms. The van der Waals surface area contributed by atoms with Crippen LogP contribution < -0.4 is 0 Å². The summed E-state index contributed by atoms with van der Waals surface area (Å²) in [6, 6.07) is -0.334. The molecule has 1 aromatic heterocycles. The summed E-state index contributed by atoms with van der Waals surface area (Å²) >= 11 is 0. The molecule has 4 nitrogen and oxygen atoms in total. The molecule has 0 saturated heterocycles. The first kappa shape index (κ1) is 11.9. The van der Waals surface area contributed by atoms with Gasteiger partial charge in [0.1, 0.15) is 5.56 Å². The average Bonchev–Trinajstić information content (AvgIpc) is 2.85. The van der Waals surface area contributed by atoms with Crippen LogP contribution in [0.15, 0.2) is 6.20 Å². The molecule has 1 aliphatic carbocycles. The summed E-state index contributed by atoms with van der Waals surface area (Å²) in [5.41, 5.74) is -1.92. The average molecular weight is 248 g/mol. The Bertz CT molecular complexity index is 433. The lowest BCUT2D eigenvalue weighted by Crippen LogP contribution is -2.20. The molecule has 1 heterocycles. The van der Waals surface area contributed by atoms with Crippen LogP contribution in [0.25, 0.3) is 0 Å². The number of halogens is 3. The highest BCUT2D eigenvalue weighted by Gasteiger charge is 2.41. The lowest BCUT2D eigenvalue weighted by atomic mass is 10.2. The molecule has 0 aliphatic heterocycles. The van der Waals surface area contributed by atoms with Crippen LogP contribution in [0.3, 0.4) is 0 Å². The second-order valence-corrected chi connectivity index (χ2v) is 4.09. The molecule has 0 unspecified atom stereocenters. The Kier molecular flexibility index (Phi) is 2.84. The molecule has 1 N–H and O–H groups in total. The van der Waals surface area contributed by atoms with Crippen molar-refractivity contribution in [3.63, 3.8) is 0 Å². The molecule has 0 atom stereocenters. The van der Waals surface area contributed by atoms with Gasteiger partial charge >= 0.3 is 12.1 Å². The summed E-state index contributed by atoms with van der Waals surface area (Å²) in [7, 11) is 0. The molecule has 17 heavy (non-hydrogen) atoms. The Balaban J connectivity index is 2.48. The smallest absolute Gasteiger partial charge is 0.433 e. The van der Waals surface area contributed by atoms with Crippen LogP contribution >= 0.6 is 0 Å². The number of hydrogen-bond donors (Lipinski definition) is 1. The van der Waals surface area contributed by atoms with Gasteiger partial charge in [-0.05, 0) is 12.8 Å². The van der Waals surface area contributed by atoms with Crippen molar-refractivity contribution in [1.29, 1.82) is 0 Å². The van der Waals surface area contributed by atoms with Gasteiger partial charge in [0.25, 0.3) is 0 Å². The van der Waals surface area contributed by atoms with Gasteiger partial charge in [-0.2, -0.15) is 18.3 Å². The van der Waals surface area contributed by atoms with Gasteiger partial charge in [0.2, 0.25) is 0 Å². The zero-order valence-corrected chi connectivity index (χ0v) is 8.87. The number of aromatic carboxylic acids is 1. The first-order chi connectivity index (χ1) is 7.91. The molecular formula is C10H11F3N2O2. The molecule has 1 fully saturated rings. The Morgan fingerprint density at radius 1 is 1.41 bits per heavy atom. The van der Waals surface area contributed by atoms with Gasteiger partial charge in [0.05, 0.1) is 12.2 Å². The first-order valence-corrected chi connectivity index (χ1v) is 5.29. The van der Waals surface area contributed by atoms with Crippen molar-refractivity contribution in [1.82, 2.24) is 9.78 Å². The lowest BCUT2D eigenvalue weighted by molar-refractivity contribution is -0.145. The summed E-state index contributed by atoms with van der Waals surface area (Å²) in [5, 5.41) is 12.3. The summed E-state index contributed by atoms with van der Waals surface area (Å²) in [6.07, 6.45) is -0.974. The van der Waals surface area contributed by atoms with Crippen LogP contribution in [-0.4, -0.2) is 20.9 Å². The molecule has 1 aromatic rings. The summed E-state index contributed by atoms with van der Waals surface area (Å²) in [4.78, 5) is 10.7. The van der Waals surface area contributed by atoms with E-state index in [0.717, 1.165) is 23.7 Å². The predicted molar refractivity (Wildman–Crippen MR) is 51.7 cm³/mol. The highest BCUT2D eigenvalue weighted by atomic mass is 19.4. The van der Waals surface area contributed by atoms with E-state index in [2.05, 4.69) is 5.10 Å². The summed E-state index contributed by atoms with van der Waals surface area (Å²) in [6.45, 7) is 0. The molecule has 1 saturated carbocycles. The minimum Gasteiger partial charge on any atom is -0.478 e. The number of hydrogen-bond acceptors (Lipinski definition) is 2. The van der Waals surface area contributed by atoms with Crippen LogP contribution in [0.1, 0.15) is 47.8 Å².